The quantitative estimate of drug-likeness (QED) is 0.605. The summed E-state index contributed by atoms with van der Waals surface area (Å²) in [5.41, 5.74) is 7.88. The Labute approximate surface area is 199 Å². The lowest BCUT2D eigenvalue weighted by Crippen LogP contribution is -2.39. The number of primary amides is 1. The number of benzene rings is 1. The fourth-order valence-corrected chi connectivity index (χ4v) is 4.82. The number of ether oxygens (including phenoxy) is 2. The van der Waals surface area contributed by atoms with Crippen LogP contribution in [-0.2, 0) is 0 Å². The van der Waals surface area contributed by atoms with Gasteiger partial charge < -0.3 is 25.0 Å². The van der Waals surface area contributed by atoms with Gasteiger partial charge in [-0.15, -0.1) is 0 Å². The second-order valence-electron chi connectivity index (χ2n) is 8.65. The molecule has 34 heavy (non-hydrogen) atoms. The maximum absolute atomic E-state index is 12.1. The van der Waals surface area contributed by atoms with Crippen molar-refractivity contribution in [1.29, 1.82) is 0 Å². The molecular weight excluding hydrogens is 432 g/mol. The Hall–Kier alpha value is -3.46. The number of rotatable bonds is 8. The highest BCUT2D eigenvalue weighted by atomic mass is 16.5. The predicted octanol–water partition coefficient (Wildman–Crippen LogP) is 2.60. The van der Waals surface area contributed by atoms with Gasteiger partial charge >= 0.3 is 0 Å². The summed E-state index contributed by atoms with van der Waals surface area (Å²) in [5.74, 6) is 1.98. The first-order valence-corrected chi connectivity index (χ1v) is 11.9. The molecule has 0 aliphatic carbocycles. The first kappa shape index (κ1) is 22.3. The number of carbonyl (C=O) groups excluding carboxylic acids is 1. The highest BCUT2D eigenvalue weighted by Crippen LogP contribution is 2.44. The predicted molar refractivity (Wildman–Crippen MR) is 130 cm³/mol. The largest absolute Gasteiger partial charge is 0.491 e. The fraction of sp³-hybridized carbons (Fsp3) is 0.440. The molecule has 3 aliphatic heterocycles. The number of hydrogen-bond donors (Lipinski definition) is 1. The van der Waals surface area contributed by atoms with Gasteiger partial charge in [0.25, 0.3) is 5.91 Å². The number of aromatic nitrogens is 1. The third-order valence-electron chi connectivity index (χ3n) is 6.46. The van der Waals surface area contributed by atoms with Crippen molar-refractivity contribution >= 4 is 23.3 Å². The number of nitrogens with zero attached hydrogens (tertiary/aromatic N) is 5. The SMILES string of the molecule is COc1c(OCCCN2CCCCC2)ccc2c1N=C(c1ncccc1C(N)=O)N1CCN=C21. The van der Waals surface area contributed by atoms with Crippen molar-refractivity contribution in [1.82, 2.24) is 14.8 Å². The van der Waals surface area contributed by atoms with Crippen LogP contribution in [0.4, 0.5) is 5.69 Å². The number of amidine groups is 2. The third-order valence-corrected chi connectivity index (χ3v) is 6.46. The number of fused-ring (bicyclic) bond motifs is 3. The lowest BCUT2D eigenvalue weighted by atomic mass is 10.1. The van der Waals surface area contributed by atoms with Crippen LogP contribution in [0.15, 0.2) is 40.4 Å². The minimum absolute atomic E-state index is 0.319. The van der Waals surface area contributed by atoms with E-state index in [0.717, 1.165) is 24.4 Å². The average Bonchev–Trinajstić information content (AvgIpc) is 3.36. The van der Waals surface area contributed by atoms with E-state index < -0.39 is 5.91 Å². The van der Waals surface area contributed by atoms with Gasteiger partial charge in [-0.25, -0.2) is 4.99 Å². The van der Waals surface area contributed by atoms with E-state index in [4.69, 9.17) is 25.2 Å². The van der Waals surface area contributed by atoms with Gasteiger partial charge in [-0.1, -0.05) is 6.42 Å². The summed E-state index contributed by atoms with van der Waals surface area (Å²) >= 11 is 0. The van der Waals surface area contributed by atoms with Crippen molar-refractivity contribution in [2.75, 3.05) is 46.4 Å². The van der Waals surface area contributed by atoms with Gasteiger partial charge in [-0.05, 0) is 56.6 Å². The van der Waals surface area contributed by atoms with E-state index >= 15 is 0 Å². The first-order chi connectivity index (χ1) is 16.7. The summed E-state index contributed by atoms with van der Waals surface area (Å²) in [6.45, 7) is 5.28. The molecule has 0 spiro atoms. The minimum atomic E-state index is -0.549. The Morgan fingerprint density at radius 2 is 1.97 bits per heavy atom. The molecule has 2 N–H and O–H groups in total. The average molecular weight is 463 g/mol. The van der Waals surface area contributed by atoms with Crippen molar-refractivity contribution in [3.05, 3.63) is 47.3 Å². The number of methoxy groups -OCH3 is 1. The van der Waals surface area contributed by atoms with E-state index in [2.05, 4.69) is 9.88 Å². The van der Waals surface area contributed by atoms with Crippen LogP contribution in [0.25, 0.3) is 0 Å². The summed E-state index contributed by atoms with van der Waals surface area (Å²) in [5, 5.41) is 0. The Kier molecular flexibility index (Phi) is 6.44. The smallest absolute Gasteiger partial charge is 0.251 e. The van der Waals surface area contributed by atoms with E-state index in [-0.39, 0.29) is 0 Å². The van der Waals surface area contributed by atoms with E-state index in [0.29, 0.717) is 54.0 Å². The molecule has 3 aliphatic rings. The van der Waals surface area contributed by atoms with Crippen molar-refractivity contribution in [3.8, 4) is 11.5 Å². The monoisotopic (exact) mass is 462 g/mol. The topological polar surface area (TPSA) is 106 Å². The molecule has 0 saturated carbocycles. The summed E-state index contributed by atoms with van der Waals surface area (Å²) in [4.78, 5) is 30.6. The summed E-state index contributed by atoms with van der Waals surface area (Å²) in [7, 11) is 1.61. The molecule has 0 unspecified atom stereocenters. The van der Waals surface area contributed by atoms with Crippen LogP contribution in [0.5, 0.6) is 11.5 Å². The highest BCUT2D eigenvalue weighted by Gasteiger charge is 2.34. The second kappa shape index (κ2) is 9.80. The van der Waals surface area contributed by atoms with Gasteiger partial charge in [0.05, 0.1) is 25.8 Å². The Morgan fingerprint density at radius 1 is 1.12 bits per heavy atom. The lowest BCUT2D eigenvalue weighted by Gasteiger charge is -2.29. The van der Waals surface area contributed by atoms with Crippen LogP contribution in [0.1, 0.15) is 47.3 Å². The van der Waals surface area contributed by atoms with Crippen LogP contribution in [-0.4, -0.2) is 78.8 Å². The summed E-state index contributed by atoms with van der Waals surface area (Å²) in [6.07, 6.45) is 6.49. The lowest BCUT2D eigenvalue weighted by molar-refractivity contribution is 0.0999. The molecule has 0 bridgehead atoms. The molecule has 5 rings (SSSR count). The number of hydrogen-bond acceptors (Lipinski definition) is 8. The van der Waals surface area contributed by atoms with Crippen LogP contribution >= 0.6 is 0 Å². The summed E-state index contributed by atoms with van der Waals surface area (Å²) in [6, 6.07) is 7.25. The Balaban J connectivity index is 1.45. The Bertz CT molecular complexity index is 1140. The third kappa shape index (κ3) is 4.23. The number of amides is 1. The molecule has 1 amide bonds. The second-order valence-corrected chi connectivity index (χ2v) is 8.65. The molecule has 1 aromatic heterocycles. The van der Waals surface area contributed by atoms with Crippen molar-refractivity contribution < 1.29 is 14.3 Å². The zero-order valence-electron chi connectivity index (χ0n) is 19.5. The van der Waals surface area contributed by atoms with Crippen LogP contribution in [0.3, 0.4) is 0 Å². The summed E-state index contributed by atoms with van der Waals surface area (Å²) < 4.78 is 11.9. The van der Waals surface area contributed by atoms with E-state index in [1.54, 1.807) is 25.4 Å². The first-order valence-electron chi connectivity index (χ1n) is 11.9. The molecule has 4 heterocycles. The molecule has 0 atom stereocenters. The molecule has 1 saturated heterocycles. The van der Waals surface area contributed by atoms with Crippen LogP contribution in [0.2, 0.25) is 0 Å². The molecule has 1 aromatic carbocycles. The van der Waals surface area contributed by atoms with Gasteiger partial charge in [0.1, 0.15) is 17.2 Å². The molecule has 178 valence electrons. The molecule has 2 aromatic rings. The van der Waals surface area contributed by atoms with Crippen molar-refractivity contribution in [2.24, 2.45) is 15.7 Å². The van der Waals surface area contributed by atoms with Gasteiger partial charge in [0.2, 0.25) is 0 Å². The molecule has 0 radical (unpaired) electrons. The van der Waals surface area contributed by atoms with Crippen LogP contribution < -0.4 is 15.2 Å². The molecule has 1 fully saturated rings. The maximum Gasteiger partial charge on any atom is 0.251 e. The fourth-order valence-electron chi connectivity index (χ4n) is 4.82. The maximum atomic E-state index is 12.1. The van der Waals surface area contributed by atoms with E-state index in [1.807, 2.05) is 17.0 Å². The molecule has 9 heteroatoms. The van der Waals surface area contributed by atoms with Gasteiger partial charge in [-0.2, -0.15) is 0 Å². The number of piperidine rings is 1. The number of aliphatic imine (C=N–C) groups is 2. The number of nitrogens with two attached hydrogens (primary N) is 1. The highest BCUT2D eigenvalue weighted by molar-refractivity contribution is 6.22. The zero-order chi connectivity index (χ0) is 23.5. The molecular formula is C25H30N6O3. The standard InChI is InChI=1S/C25H30N6O3/c1-33-22-19(34-16-6-14-30-12-3-2-4-13-30)9-8-18-20(22)29-25(31-15-11-28-24(18)31)21-17(23(26)32)7-5-10-27-21/h5,7-10H,2-4,6,11-16H2,1H3,(H2,26,32). The minimum Gasteiger partial charge on any atom is -0.491 e. The number of likely N-dealkylation sites (tertiary alicyclic amines) is 1. The number of carbonyl (C=O) groups is 1. The van der Waals surface area contributed by atoms with E-state index in [1.165, 1.54) is 32.4 Å². The van der Waals surface area contributed by atoms with Crippen LogP contribution in [0, 0.1) is 0 Å². The normalized spacial score (nSPS) is 17.5. The van der Waals surface area contributed by atoms with Gasteiger partial charge in [0, 0.05) is 24.8 Å². The van der Waals surface area contributed by atoms with Gasteiger partial charge in [0.15, 0.2) is 17.3 Å². The number of pyridine rings is 1. The Morgan fingerprint density at radius 3 is 2.76 bits per heavy atom. The van der Waals surface area contributed by atoms with Gasteiger partial charge in [-0.3, -0.25) is 14.8 Å². The van der Waals surface area contributed by atoms with Crippen molar-refractivity contribution in [3.63, 3.8) is 0 Å². The molecule has 9 nitrogen and oxygen atoms in total. The van der Waals surface area contributed by atoms with E-state index in [9.17, 15) is 4.79 Å². The van der Waals surface area contributed by atoms with Crippen molar-refractivity contribution in [2.45, 2.75) is 25.7 Å². The zero-order valence-corrected chi connectivity index (χ0v) is 19.5.